The molecule has 0 aliphatic rings. The van der Waals surface area contributed by atoms with Crippen LogP contribution < -0.4 is 10.2 Å². The largest absolute Gasteiger partial charge is 0.497 e. The van der Waals surface area contributed by atoms with Crippen molar-refractivity contribution in [3.63, 3.8) is 0 Å². The first-order valence-electron chi connectivity index (χ1n) is 7.62. The number of benzene rings is 2. The van der Waals surface area contributed by atoms with Crippen molar-refractivity contribution in [1.82, 2.24) is 10.4 Å². The zero-order valence-electron chi connectivity index (χ0n) is 13.8. The fourth-order valence-corrected chi connectivity index (χ4v) is 2.50. The van der Waals surface area contributed by atoms with Crippen molar-refractivity contribution in [2.24, 2.45) is 0 Å². The van der Waals surface area contributed by atoms with Crippen LogP contribution >= 0.6 is 0 Å². The summed E-state index contributed by atoms with van der Waals surface area (Å²) in [4.78, 5) is 24.5. The van der Waals surface area contributed by atoms with E-state index in [-0.39, 0.29) is 12.1 Å². The van der Waals surface area contributed by atoms with E-state index in [0.717, 1.165) is 11.1 Å². The lowest BCUT2D eigenvalue weighted by Gasteiger charge is -2.22. The number of carboxylic acids is 1. The molecule has 0 saturated carbocycles. The van der Waals surface area contributed by atoms with E-state index < -0.39 is 11.9 Å². The summed E-state index contributed by atoms with van der Waals surface area (Å²) >= 11 is 0. The number of hydrogen-bond donors (Lipinski definition) is 3. The van der Waals surface area contributed by atoms with Crippen LogP contribution in [-0.4, -0.2) is 40.7 Å². The molecule has 7 heteroatoms. The summed E-state index contributed by atoms with van der Waals surface area (Å²) in [6, 6.07) is 14.0. The van der Waals surface area contributed by atoms with E-state index in [9.17, 15) is 9.59 Å². The number of carbonyl (C=O) groups is 2. The highest BCUT2D eigenvalue weighted by Crippen LogP contribution is 2.16. The molecule has 0 spiro atoms. The molecule has 25 heavy (non-hydrogen) atoms. The summed E-state index contributed by atoms with van der Waals surface area (Å²) in [5, 5.41) is 17.9. The van der Waals surface area contributed by atoms with E-state index in [0.29, 0.717) is 18.8 Å². The lowest BCUT2D eigenvalue weighted by Crippen LogP contribution is -2.35. The normalized spacial score (nSPS) is 10.5. The third kappa shape index (κ3) is 5.59. The second-order valence-electron chi connectivity index (χ2n) is 5.54. The molecule has 0 atom stereocenters. The molecule has 3 N–H and O–H groups in total. The van der Waals surface area contributed by atoms with E-state index in [1.165, 1.54) is 6.07 Å². The van der Waals surface area contributed by atoms with E-state index in [2.05, 4.69) is 0 Å². The highest BCUT2D eigenvalue weighted by atomic mass is 16.5. The summed E-state index contributed by atoms with van der Waals surface area (Å²) in [7, 11) is 1.58. The lowest BCUT2D eigenvalue weighted by molar-refractivity contribution is -0.130. The maximum absolute atomic E-state index is 11.6. The minimum absolute atomic E-state index is 0.0367. The SMILES string of the molecule is COc1cccc(CN(CC(=O)NO)Cc2cccc(C(=O)O)c2)c1. The molecule has 7 nitrogen and oxygen atoms in total. The van der Waals surface area contributed by atoms with Crippen LogP contribution in [0.25, 0.3) is 0 Å². The molecule has 2 aromatic rings. The van der Waals surface area contributed by atoms with Crippen LogP contribution in [0.5, 0.6) is 5.75 Å². The molecule has 132 valence electrons. The van der Waals surface area contributed by atoms with Crippen molar-refractivity contribution in [3.8, 4) is 5.75 Å². The summed E-state index contributed by atoms with van der Waals surface area (Å²) in [5.74, 6) is -0.844. The molecule has 0 saturated heterocycles. The maximum atomic E-state index is 11.6. The van der Waals surface area contributed by atoms with Crippen LogP contribution in [0.1, 0.15) is 21.5 Å². The molecule has 0 aromatic heterocycles. The van der Waals surface area contributed by atoms with E-state index in [1.807, 2.05) is 24.3 Å². The Morgan fingerprint density at radius 2 is 1.72 bits per heavy atom. The highest BCUT2D eigenvalue weighted by Gasteiger charge is 2.13. The van der Waals surface area contributed by atoms with Crippen LogP contribution in [0, 0.1) is 0 Å². The van der Waals surface area contributed by atoms with Gasteiger partial charge in [0.2, 0.25) is 0 Å². The van der Waals surface area contributed by atoms with Crippen LogP contribution in [0.2, 0.25) is 0 Å². The van der Waals surface area contributed by atoms with Crippen molar-refractivity contribution in [1.29, 1.82) is 0 Å². The zero-order valence-corrected chi connectivity index (χ0v) is 13.8. The summed E-state index contributed by atoms with van der Waals surface area (Å²) in [6.07, 6.45) is 0. The third-order valence-electron chi connectivity index (χ3n) is 3.61. The fourth-order valence-electron chi connectivity index (χ4n) is 2.50. The first-order valence-corrected chi connectivity index (χ1v) is 7.62. The molecule has 0 radical (unpaired) electrons. The molecular weight excluding hydrogens is 324 g/mol. The van der Waals surface area contributed by atoms with Gasteiger partial charge in [-0.25, -0.2) is 10.3 Å². The predicted molar refractivity (Wildman–Crippen MR) is 90.4 cm³/mol. The molecule has 0 bridgehead atoms. The summed E-state index contributed by atoms with van der Waals surface area (Å²) in [5.41, 5.74) is 3.49. The number of ether oxygens (including phenoxy) is 1. The van der Waals surface area contributed by atoms with Crippen molar-refractivity contribution in [2.45, 2.75) is 13.1 Å². The van der Waals surface area contributed by atoms with E-state index >= 15 is 0 Å². The van der Waals surface area contributed by atoms with Gasteiger partial charge in [-0.1, -0.05) is 24.3 Å². The summed E-state index contributed by atoms with van der Waals surface area (Å²) < 4.78 is 5.20. The number of amides is 1. The van der Waals surface area contributed by atoms with Gasteiger partial charge in [-0.3, -0.25) is 14.9 Å². The van der Waals surface area contributed by atoms with Gasteiger partial charge in [0.1, 0.15) is 5.75 Å². The minimum Gasteiger partial charge on any atom is -0.497 e. The number of carboxylic acid groups (broad SMARTS) is 1. The number of nitrogens with one attached hydrogen (secondary N) is 1. The van der Waals surface area contributed by atoms with Crippen LogP contribution in [0.4, 0.5) is 0 Å². The molecule has 2 aromatic carbocycles. The second kappa shape index (κ2) is 8.81. The third-order valence-corrected chi connectivity index (χ3v) is 3.61. The Labute approximate surface area is 145 Å². The Morgan fingerprint density at radius 1 is 1.08 bits per heavy atom. The van der Waals surface area contributed by atoms with Crippen LogP contribution in [-0.2, 0) is 17.9 Å². The quantitative estimate of drug-likeness (QED) is 0.500. The molecule has 0 unspecified atom stereocenters. The van der Waals surface area contributed by atoms with Gasteiger partial charge in [0.15, 0.2) is 0 Å². The Hall–Kier alpha value is -2.90. The number of rotatable bonds is 8. The Balaban J connectivity index is 2.18. The predicted octanol–water partition coefficient (Wildman–Crippen LogP) is 1.90. The monoisotopic (exact) mass is 344 g/mol. The summed E-state index contributed by atoms with van der Waals surface area (Å²) in [6.45, 7) is 0.749. The maximum Gasteiger partial charge on any atom is 0.335 e. The number of aromatic carboxylic acids is 1. The average molecular weight is 344 g/mol. The Kier molecular flexibility index (Phi) is 6.50. The number of methoxy groups -OCH3 is 1. The van der Waals surface area contributed by atoms with E-state index in [4.69, 9.17) is 15.1 Å². The zero-order chi connectivity index (χ0) is 18.2. The van der Waals surface area contributed by atoms with Gasteiger partial charge in [-0.15, -0.1) is 0 Å². The first kappa shape index (κ1) is 18.4. The van der Waals surface area contributed by atoms with Crippen LogP contribution in [0.15, 0.2) is 48.5 Å². The molecule has 1 amide bonds. The Bertz CT molecular complexity index is 748. The average Bonchev–Trinajstić information content (AvgIpc) is 2.61. The van der Waals surface area contributed by atoms with E-state index in [1.54, 1.807) is 35.7 Å². The van der Waals surface area contributed by atoms with Crippen LogP contribution in [0.3, 0.4) is 0 Å². The van der Waals surface area contributed by atoms with Crippen molar-refractivity contribution < 1.29 is 24.6 Å². The minimum atomic E-state index is -1.01. The molecule has 2 rings (SSSR count). The van der Waals surface area contributed by atoms with Crippen molar-refractivity contribution >= 4 is 11.9 Å². The van der Waals surface area contributed by atoms with Gasteiger partial charge in [0, 0.05) is 13.1 Å². The smallest absolute Gasteiger partial charge is 0.335 e. The van der Waals surface area contributed by atoms with Crippen molar-refractivity contribution in [2.75, 3.05) is 13.7 Å². The molecule has 0 fully saturated rings. The van der Waals surface area contributed by atoms with Gasteiger partial charge in [0.25, 0.3) is 5.91 Å². The topological polar surface area (TPSA) is 99.1 Å². The van der Waals surface area contributed by atoms with Gasteiger partial charge in [-0.05, 0) is 35.4 Å². The van der Waals surface area contributed by atoms with Gasteiger partial charge >= 0.3 is 5.97 Å². The fraction of sp³-hybridized carbons (Fsp3) is 0.222. The molecule has 0 aliphatic heterocycles. The number of nitrogens with zero attached hydrogens (tertiary/aromatic N) is 1. The van der Waals surface area contributed by atoms with Gasteiger partial charge < -0.3 is 9.84 Å². The van der Waals surface area contributed by atoms with Gasteiger partial charge in [0.05, 0.1) is 19.2 Å². The highest BCUT2D eigenvalue weighted by molar-refractivity contribution is 5.87. The lowest BCUT2D eigenvalue weighted by atomic mass is 10.1. The Morgan fingerprint density at radius 3 is 2.32 bits per heavy atom. The van der Waals surface area contributed by atoms with Crippen molar-refractivity contribution in [3.05, 3.63) is 65.2 Å². The number of carbonyl (C=O) groups excluding carboxylic acids is 1. The second-order valence-corrected chi connectivity index (χ2v) is 5.54. The molecule has 0 heterocycles. The number of hydrogen-bond acceptors (Lipinski definition) is 5. The molecular formula is C18H20N2O5. The first-order chi connectivity index (χ1) is 12.0. The molecule has 0 aliphatic carbocycles. The number of hydroxylamine groups is 1. The van der Waals surface area contributed by atoms with Gasteiger partial charge in [-0.2, -0.15) is 0 Å². The standard InChI is InChI=1S/C18H20N2O5/c1-25-16-7-3-5-14(9-16)11-20(12-17(21)19-24)10-13-4-2-6-15(8-13)18(22)23/h2-9,24H,10-12H2,1H3,(H,19,21)(H,22,23).